The predicted octanol–water partition coefficient (Wildman–Crippen LogP) is 3.96. The van der Waals surface area contributed by atoms with E-state index in [-0.39, 0.29) is 11.6 Å². The molecule has 0 unspecified atom stereocenters. The lowest BCUT2D eigenvalue weighted by Gasteiger charge is -2.09. The van der Waals surface area contributed by atoms with Crippen LogP contribution in [0.3, 0.4) is 0 Å². The summed E-state index contributed by atoms with van der Waals surface area (Å²) in [5.74, 6) is -0.165. The second-order valence-electron chi connectivity index (χ2n) is 4.90. The van der Waals surface area contributed by atoms with E-state index in [0.29, 0.717) is 15.9 Å². The van der Waals surface area contributed by atoms with Crippen molar-refractivity contribution in [2.75, 3.05) is 0 Å². The van der Waals surface area contributed by atoms with Crippen LogP contribution in [0.5, 0.6) is 0 Å². The van der Waals surface area contributed by atoms with Gasteiger partial charge in [-0.2, -0.15) is 17.9 Å². The molecular formula is C15H8F3N5S. The molecule has 0 bridgehead atoms. The highest BCUT2D eigenvalue weighted by Gasteiger charge is 2.34. The highest BCUT2D eigenvalue weighted by molar-refractivity contribution is 7.13. The molecule has 0 spiro atoms. The van der Waals surface area contributed by atoms with Gasteiger partial charge in [0.25, 0.3) is 5.95 Å². The number of nitrogens with zero attached hydrogens (tertiary/aromatic N) is 5. The van der Waals surface area contributed by atoms with Crippen LogP contribution in [0.1, 0.15) is 5.69 Å². The second kappa shape index (κ2) is 5.38. The van der Waals surface area contributed by atoms with Crippen molar-refractivity contribution in [1.29, 1.82) is 0 Å². The van der Waals surface area contributed by atoms with E-state index in [4.69, 9.17) is 0 Å². The molecule has 9 heteroatoms. The fourth-order valence-electron chi connectivity index (χ4n) is 2.24. The summed E-state index contributed by atoms with van der Waals surface area (Å²) in [6.07, 6.45) is -4.58. The van der Waals surface area contributed by atoms with Crippen molar-refractivity contribution < 1.29 is 13.2 Å². The van der Waals surface area contributed by atoms with Gasteiger partial charge < -0.3 is 0 Å². The van der Waals surface area contributed by atoms with Gasteiger partial charge in [-0.1, -0.05) is 23.4 Å². The molecule has 5 nitrogen and oxygen atoms in total. The first kappa shape index (κ1) is 14.8. The van der Waals surface area contributed by atoms with E-state index in [1.807, 2.05) is 0 Å². The van der Waals surface area contributed by atoms with Crippen LogP contribution in [0.2, 0.25) is 0 Å². The minimum absolute atomic E-state index is 0.165. The largest absolute Gasteiger partial charge is 0.433 e. The average molecular weight is 347 g/mol. The van der Waals surface area contributed by atoms with Crippen molar-refractivity contribution in [2.24, 2.45) is 0 Å². The molecule has 0 saturated heterocycles. The predicted molar refractivity (Wildman–Crippen MR) is 82.8 cm³/mol. The minimum Gasteiger partial charge on any atom is -0.210 e. The van der Waals surface area contributed by atoms with E-state index in [9.17, 15) is 13.2 Å². The SMILES string of the molecule is FC(F)(F)c1cc(-c2cccs2)nc(-n2nnc3ccccc32)n1. The monoisotopic (exact) mass is 347 g/mol. The third kappa shape index (κ3) is 2.52. The number of fused-ring (bicyclic) bond motifs is 1. The lowest BCUT2D eigenvalue weighted by Crippen LogP contribution is -2.13. The van der Waals surface area contributed by atoms with Crippen molar-refractivity contribution in [3.8, 4) is 16.5 Å². The van der Waals surface area contributed by atoms with Gasteiger partial charge in [-0.05, 0) is 29.6 Å². The molecule has 0 amide bonds. The number of para-hydroxylation sites is 1. The number of aromatic nitrogens is 5. The molecule has 0 radical (unpaired) electrons. The van der Waals surface area contributed by atoms with Gasteiger partial charge in [-0.3, -0.25) is 0 Å². The summed E-state index contributed by atoms with van der Waals surface area (Å²) in [5.41, 5.74) is 0.266. The maximum Gasteiger partial charge on any atom is 0.433 e. The molecule has 4 aromatic rings. The fourth-order valence-corrected chi connectivity index (χ4v) is 2.93. The summed E-state index contributed by atoms with van der Waals surface area (Å²) >= 11 is 1.30. The molecule has 0 aliphatic carbocycles. The van der Waals surface area contributed by atoms with Crippen molar-refractivity contribution in [2.45, 2.75) is 6.18 Å². The standard InChI is InChI=1S/C15H8F3N5S/c16-15(17,18)13-8-10(12-6-3-7-24-12)19-14(20-13)23-11-5-2-1-4-9(11)21-22-23/h1-8H. The van der Waals surface area contributed by atoms with Gasteiger partial charge in [0.05, 0.1) is 16.1 Å². The van der Waals surface area contributed by atoms with E-state index in [0.717, 1.165) is 6.07 Å². The number of hydrogen-bond acceptors (Lipinski definition) is 5. The van der Waals surface area contributed by atoms with Crippen LogP contribution in [0, 0.1) is 0 Å². The summed E-state index contributed by atoms with van der Waals surface area (Å²) in [5, 5.41) is 9.60. The molecule has 120 valence electrons. The first-order chi connectivity index (χ1) is 11.5. The molecular weight excluding hydrogens is 339 g/mol. The highest BCUT2D eigenvalue weighted by atomic mass is 32.1. The number of halogens is 3. The van der Waals surface area contributed by atoms with Gasteiger partial charge in [0.1, 0.15) is 5.52 Å². The van der Waals surface area contributed by atoms with E-state index < -0.39 is 11.9 Å². The molecule has 0 atom stereocenters. The zero-order valence-electron chi connectivity index (χ0n) is 11.9. The molecule has 1 aromatic carbocycles. The van der Waals surface area contributed by atoms with Crippen LogP contribution < -0.4 is 0 Å². The minimum atomic E-state index is -4.58. The Morgan fingerprint density at radius 1 is 1.00 bits per heavy atom. The van der Waals surface area contributed by atoms with Crippen molar-refractivity contribution in [3.05, 3.63) is 53.5 Å². The first-order valence-electron chi connectivity index (χ1n) is 6.83. The second-order valence-corrected chi connectivity index (χ2v) is 5.85. The van der Waals surface area contributed by atoms with Gasteiger partial charge in [-0.15, -0.1) is 16.4 Å². The number of rotatable bonds is 2. The third-order valence-electron chi connectivity index (χ3n) is 3.32. The van der Waals surface area contributed by atoms with Crippen molar-refractivity contribution in [1.82, 2.24) is 25.0 Å². The molecule has 3 aromatic heterocycles. The molecule has 3 heterocycles. The molecule has 4 rings (SSSR count). The lowest BCUT2D eigenvalue weighted by molar-refractivity contribution is -0.141. The summed E-state index contributed by atoms with van der Waals surface area (Å²) in [7, 11) is 0. The van der Waals surface area contributed by atoms with E-state index in [2.05, 4.69) is 20.3 Å². The zero-order chi connectivity index (χ0) is 16.7. The van der Waals surface area contributed by atoms with Gasteiger partial charge in [0.2, 0.25) is 0 Å². The van der Waals surface area contributed by atoms with Crippen molar-refractivity contribution >= 4 is 22.4 Å². The van der Waals surface area contributed by atoms with Crippen LogP contribution in [-0.2, 0) is 6.18 Å². The van der Waals surface area contributed by atoms with Gasteiger partial charge >= 0.3 is 6.18 Å². The van der Waals surface area contributed by atoms with E-state index in [1.165, 1.54) is 16.0 Å². The summed E-state index contributed by atoms with van der Waals surface area (Å²) in [6, 6.07) is 11.3. The molecule has 0 aliphatic heterocycles. The van der Waals surface area contributed by atoms with Gasteiger partial charge in [-0.25, -0.2) is 9.97 Å². The van der Waals surface area contributed by atoms with E-state index in [1.54, 1.807) is 41.8 Å². The molecule has 0 N–H and O–H groups in total. The normalized spacial score (nSPS) is 12.0. The molecule has 0 aliphatic rings. The Hall–Kier alpha value is -2.81. The lowest BCUT2D eigenvalue weighted by atomic mass is 10.2. The quantitative estimate of drug-likeness (QED) is 0.551. The van der Waals surface area contributed by atoms with Gasteiger partial charge in [0.15, 0.2) is 5.69 Å². The number of alkyl halides is 3. The smallest absolute Gasteiger partial charge is 0.210 e. The maximum atomic E-state index is 13.2. The number of benzene rings is 1. The Balaban J connectivity index is 1.96. The highest BCUT2D eigenvalue weighted by Crippen LogP contribution is 2.32. The third-order valence-corrected chi connectivity index (χ3v) is 4.21. The fraction of sp³-hybridized carbons (Fsp3) is 0.0667. The van der Waals surface area contributed by atoms with Crippen LogP contribution in [0.4, 0.5) is 13.2 Å². The number of hydrogen-bond donors (Lipinski definition) is 0. The molecule has 24 heavy (non-hydrogen) atoms. The van der Waals surface area contributed by atoms with Crippen LogP contribution >= 0.6 is 11.3 Å². The molecule has 0 saturated carbocycles. The van der Waals surface area contributed by atoms with Gasteiger partial charge in [0, 0.05) is 0 Å². The Kier molecular flexibility index (Phi) is 3.31. The zero-order valence-corrected chi connectivity index (χ0v) is 12.7. The van der Waals surface area contributed by atoms with Crippen LogP contribution in [0.15, 0.2) is 47.8 Å². The molecule has 0 fully saturated rings. The summed E-state index contributed by atoms with van der Waals surface area (Å²) < 4.78 is 40.8. The Labute approximate surface area is 137 Å². The van der Waals surface area contributed by atoms with E-state index >= 15 is 0 Å². The average Bonchev–Trinajstić information content (AvgIpc) is 3.23. The van der Waals surface area contributed by atoms with Crippen molar-refractivity contribution in [3.63, 3.8) is 0 Å². The Bertz CT molecular complexity index is 1010. The summed E-state index contributed by atoms with van der Waals surface area (Å²) in [4.78, 5) is 8.50. The Morgan fingerprint density at radius 3 is 2.58 bits per heavy atom. The topological polar surface area (TPSA) is 56.5 Å². The maximum absolute atomic E-state index is 13.2. The van der Waals surface area contributed by atoms with Crippen LogP contribution in [0.25, 0.3) is 27.6 Å². The number of thiophene rings is 1. The first-order valence-corrected chi connectivity index (χ1v) is 7.71. The van der Waals surface area contributed by atoms with Crippen LogP contribution in [-0.4, -0.2) is 25.0 Å². The Morgan fingerprint density at radius 2 is 1.83 bits per heavy atom. The summed E-state index contributed by atoms with van der Waals surface area (Å²) in [6.45, 7) is 0.